The third-order valence-corrected chi connectivity index (χ3v) is 14.2. The van der Waals surface area contributed by atoms with Gasteiger partial charge in [0.1, 0.15) is 11.9 Å². The molecule has 12 rings (SSSR count). The van der Waals surface area contributed by atoms with Crippen LogP contribution in [-0.2, 0) is 10.8 Å². The van der Waals surface area contributed by atoms with Gasteiger partial charge in [0.15, 0.2) is 0 Å². The first kappa shape index (κ1) is 38.0. The molecule has 0 fully saturated rings. The van der Waals surface area contributed by atoms with Crippen molar-refractivity contribution in [2.24, 2.45) is 5.92 Å². The molecule has 2 nitrogen and oxygen atoms in total. The van der Waals surface area contributed by atoms with Crippen molar-refractivity contribution in [2.45, 2.75) is 30.8 Å². The number of benzene rings is 9. The maximum absolute atomic E-state index is 7.09. The van der Waals surface area contributed by atoms with Crippen molar-refractivity contribution in [3.63, 3.8) is 0 Å². The normalized spacial score (nSPS) is 18.7. The molecule has 306 valence electrons. The molecule has 1 aliphatic heterocycles. The summed E-state index contributed by atoms with van der Waals surface area (Å²) in [7, 11) is 0. The summed E-state index contributed by atoms with van der Waals surface area (Å²) in [4.78, 5) is 2.39. The molecule has 9 aromatic rings. The highest BCUT2D eigenvalue weighted by atomic mass is 16.5. The second-order valence-electron chi connectivity index (χ2n) is 18.0. The Morgan fingerprint density at radius 2 is 0.922 bits per heavy atom. The lowest BCUT2D eigenvalue weighted by Crippen LogP contribution is -2.49. The second kappa shape index (κ2) is 15.0. The number of hydrogen-bond donors (Lipinski definition) is 0. The van der Waals surface area contributed by atoms with E-state index in [9.17, 15) is 0 Å². The summed E-state index contributed by atoms with van der Waals surface area (Å²) in [5.41, 5.74) is 16.4. The van der Waals surface area contributed by atoms with Crippen LogP contribution in [0.4, 0.5) is 17.1 Å². The van der Waals surface area contributed by atoms with Crippen molar-refractivity contribution in [3.8, 4) is 39.1 Å². The van der Waals surface area contributed by atoms with Gasteiger partial charge < -0.3 is 9.64 Å². The van der Waals surface area contributed by atoms with Crippen LogP contribution in [0.2, 0.25) is 0 Å². The molecular weight excluding hydrogens is 775 g/mol. The Kier molecular flexibility index (Phi) is 8.91. The third kappa shape index (κ3) is 5.93. The molecule has 2 aliphatic carbocycles. The van der Waals surface area contributed by atoms with E-state index in [-0.39, 0.29) is 17.4 Å². The zero-order valence-corrected chi connectivity index (χ0v) is 36.0. The molecule has 0 aromatic heterocycles. The van der Waals surface area contributed by atoms with Crippen LogP contribution in [-0.4, -0.2) is 6.10 Å². The smallest absolute Gasteiger partial charge is 0.125 e. The van der Waals surface area contributed by atoms with Crippen LogP contribution in [0.5, 0.6) is 5.75 Å². The molecule has 0 saturated carbocycles. The second-order valence-corrected chi connectivity index (χ2v) is 18.0. The average Bonchev–Trinajstić information content (AvgIpc) is 3.60. The third-order valence-electron chi connectivity index (χ3n) is 14.2. The van der Waals surface area contributed by atoms with Crippen LogP contribution in [0.3, 0.4) is 0 Å². The summed E-state index contributed by atoms with van der Waals surface area (Å²) in [5, 5.41) is 2.38. The fourth-order valence-electron chi connectivity index (χ4n) is 11.1. The molecule has 0 spiro atoms. The zero-order valence-electron chi connectivity index (χ0n) is 36.0. The van der Waals surface area contributed by atoms with E-state index in [1.54, 1.807) is 0 Å². The van der Waals surface area contributed by atoms with Crippen molar-refractivity contribution in [1.29, 1.82) is 0 Å². The lowest BCUT2D eigenvalue weighted by molar-refractivity contribution is 0.140. The van der Waals surface area contributed by atoms with Crippen LogP contribution in [0.25, 0.3) is 44.2 Å². The minimum atomic E-state index is -0.611. The summed E-state index contributed by atoms with van der Waals surface area (Å²) >= 11 is 0. The molecule has 3 unspecified atom stereocenters. The molecule has 2 heteroatoms. The van der Waals surface area contributed by atoms with Gasteiger partial charge in [-0.25, -0.2) is 0 Å². The van der Waals surface area contributed by atoms with Gasteiger partial charge in [0.25, 0.3) is 0 Å². The molecule has 64 heavy (non-hydrogen) atoms. The minimum absolute atomic E-state index is 0.0217. The van der Waals surface area contributed by atoms with E-state index in [1.807, 2.05) is 0 Å². The van der Waals surface area contributed by atoms with Gasteiger partial charge in [0.05, 0.1) is 5.41 Å². The number of hydrogen-bond acceptors (Lipinski definition) is 2. The summed E-state index contributed by atoms with van der Waals surface area (Å²) in [6.07, 6.45) is 8.87. The van der Waals surface area contributed by atoms with E-state index in [0.29, 0.717) is 0 Å². The van der Waals surface area contributed by atoms with E-state index in [0.717, 1.165) is 22.8 Å². The van der Waals surface area contributed by atoms with Crippen LogP contribution >= 0.6 is 0 Å². The van der Waals surface area contributed by atoms with Gasteiger partial charge >= 0.3 is 0 Å². The highest BCUT2D eigenvalue weighted by Gasteiger charge is 2.54. The number of allylic oxidation sites excluding steroid dienone is 2. The van der Waals surface area contributed by atoms with Gasteiger partial charge in [-0.3, -0.25) is 0 Å². The quantitative estimate of drug-likeness (QED) is 0.159. The highest BCUT2D eigenvalue weighted by molar-refractivity contribution is 5.90. The Balaban J connectivity index is 1.08. The molecule has 0 saturated heterocycles. The zero-order chi connectivity index (χ0) is 42.8. The molecule has 3 aliphatic rings. The Morgan fingerprint density at radius 1 is 0.422 bits per heavy atom. The monoisotopic (exact) mass is 821 g/mol. The van der Waals surface area contributed by atoms with Gasteiger partial charge in [-0.1, -0.05) is 196 Å². The number of ether oxygens (including phenoxy) is 1. The summed E-state index contributed by atoms with van der Waals surface area (Å²) in [6, 6.07) is 78.2. The van der Waals surface area contributed by atoms with Crippen molar-refractivity contribution >= 4 is 27.8 Å². The first-order chi connectivity index (χ1) is 31.5. The lowest BCUT2D eigenvalue weighted by atomic mass is 9.56. The molecule has 1 heterocycles. The van der Waals surface area contributed by atoms with Gasteiger partial charge in [-0.2, -0.15) is 0 Å². The summed E-state index contributed by atoms with van der Waals surface area (Å²) in [6.45, 7) is 4.77. The van der Waals surface area contributed by atoms with E-state index in [4.69, 9.17) is 4.74 Å². The molecule has 0 N–H and O–H groups in total. The molecule has 0 amide bonds. The lowest BCUT2D eigenvalue weighted by Gasteiger charge is -2.50. The van der Waals surface area contributed by atoms with Crippen LogP contribution in [0.1, 0.15) is 41.7 Å². The molecule has 0 radical (unpaired) electrons. The summed E-state index contributed by atoms with van der Waals surface area (Å²) in [5.74, 6) is 0.914. The fraction of sp³-hybridized carbons (Fsp3) is 0.0968. The van der Waals surface area contributed by atoms with Gasteiger partial charge in [-0.05, 0) is 121 Å². The summed E-state index contributed by atoms with van der Waals surface area (Å²) < 4.78 is 7.09. The van der Waals surface area contributed by atoms with Crippen molar-refractivity contribution in [2.75, 3.05) is 4.90 Å². The average molecular weight is 822 g/mol. The Morgan fingerprint density at radius 3 is 1.56 bits per heavy atom. The topological polar surface area (TPSA) is 12.5 Å². The molecular formula is C62H47NO. The minimum Gasteiger partial charge on any atom is -0.485 e. The Hall–Kier alpha value is -7.68. The Labute approximate surface area is 376 Å². The first-order valence-corrected chi connectivity index (χ1v) is 22.5. The van der Waals surface area contributed by atoms with Crippen LogP contribution < -0.4 is 9.64 Å². The van der Waals surface area contributed by atoms with E-state index < -0.39 is 5.41 Å². The number of fused-ring (bicyclic) bond motifs is 6. The molecule has 3 atom stereocenters. The van der Waals surface area contributed by atoms with Gasteiger partial charge in [0, 0.05) is 34.0 Å². The standard InChI is InChI=1S/C62H47NO/c1-61(2)53-23-12-11-22-52(53)60-55(61)25-15-26-56(60)62(54-24-13-14-27-58(54)64-59-41-47-21-10-9-20-46(47)40-57(59)62)48-32-38-51(39-33-48)63(49-34-28-44(29-35-49)42-16-5-3-6-17-42)50-36-30-45(31-37-50)43-18-7-4-8-19-43/h3-41,54,58H,1-2H3. The number of rotatable bonds is 7. The van der Waals surface area contributed by atoms with Crippen molar-refractivity contribution in [3.05, 3.63) is 264 Å². The van der Waals surface area contributed by atoms with E-state index >= 15 is 0 Å². The Bertz CT molecular complexity index is 3170. The predicted molar refractivity (Wildman–Crippen MR) is 266 cm³/mol. The first-order valence-electron chi connectivity index (χ1n) is 22.5. The fourth-order valence-corrected chi connectivity index (χ4v) is 11.1. The molecule has 0 bridgehead atoms. The van der Waals surface area contributed by atoms with Crippen molar-refractivity contribution < 1.29 is 4.74 Å². The van der Waals surface area contributed by atoms with Gasteiger partial charge in [-0.15, -0.1) is 0 Å². The molecule has 9 aromatic carbocycles. The maximum atomic E-state index is 7.09. The van der Waals surface area contributed by atoms with Crippen LogP contribution in [0.15, 0.2) is 237 Å². The SMILES string of the molecule is CC1(C)c2ccccc2-c2c1cccc2C1(c2ccc(N(c3ccc(-c4ccccc4)cc3)c3ccc(-c4ccccc4)cc3)cc2)c2cc3ccccc3cc2OC2C=CC=CC21. The predicted octanol–water partition coefficient (Wildman–Crippen LogP) is 15.8. The number of nitrogens with zero attached hydrogens (tertiary/aromatic N) is 1. The van der Waals surface area contributed by atoms with E-state index in [2.05, 4.69) is 255 Å². The van der Waals surface area contributed by atoms with Crippen molar-refractivity contribution in [1.82, 2.24) is 0 Å². The maximum Gasteiger partial charge on any atom is 0.125 e. The van der Waals surface area contributed by atoms with E-state index in [1.165, 1.54) is 72.0 Å². The number of anilines is 3. The highest BCUT2D eigenvalue weighted by Crippen LogP contribution is 2.61. The largest absolute Gasteiger partial charge is 0.485 e. The van der Waals surface area contributed by atoms with Gasteiger partial charge in [0.2, 0.25) is 0 Å². The van der Waals surface area contributed by atoms with Crippen LogP contribution in [0, 0.1) is 5.92 Å².